The smallest absolute Gasteiger partial charge is 0.221 e. The number of rotatable bonds is 5. The van der Waals surface area contributed by atoms with E-state index in [4.69, 9.17) is 4.42 Å². The number of para-hydroxylation sites is 1. The van der Waals surface area contributed by atoms with Crippen molar-refractivity contribution in [3.8, 4) is 0 Å². The molecule has 0 saturated carbocycles. The maximum atomic E-state index is 5.99. The minimum Gasteiger partial charge on any atom is -0.425 e. The Labute approximate surface area is 150 Å². The number of nitrogens with zero attached hydrogens (tertiary/aromatic N) is 4. The Bertz CT molecular complexity index is 1000. The van der Waals surface area contributed by atoms with E-state index in [9.17, 15) is 0 Å². The van der Waals surface area contributed by atoms with Gasteiger partial charge in [0.05, 0.1) is 18.9 Å². The Morgan fingerprint density at radius 2 is 2.15 bits per heavy atom. The lowest BCUT2D eigenvalue weighted by molar-refractivity contribution is 0.311. The Hall–Kier alpha value is -2.93. The lowest BCUT2D eigenvalue weighted by Crippen LogP contribution is -2.20. The highest BCUT2D eigenvalue weighted by molar-refractivity contribution is 5.83. The largest absolute Gasteiger partial charge is 0.425 e. The summed E-state index contributed by atoms with van der Waals surface area (Å²) in [7, 11) is 0. The van der Waals surface area contributed by atoms with Gasteiger partial charge in [0.15, 0.2) is 0 Å². The lowest BCUT2D eigenvalue weighted by atomic mass is 10.1. The van der Waals surface area contributed by atoms with Crippen molar-refractivity contribution in [2.75, 3.05) is 13.1 Å². The minimum absolute atomic E-state index is 0.300. The number of aromatic nitrogens is 5. The fourth-order valence-corrected chi connectivity index (χ4v) is 3.72. The van der Waals surface area contributed by atoms with Gasteiger partial charge in [0, 0.05) is 36.0 Å². The molecule has 0 aliphatic carbocycles. The van der Waals surface area contributed by atoms with Crippen LogP contribution >= 0.6 is 0 Å². The van der Waals surface area contributed by atoms with Gasteiger partial charge in [-0.15, -0.1) is 10.2 Å². The molecule has 2 N–H and O–H groups in total. The quantitative estimate of drug-likeness (QED) is 0.579. The van der Waals surface area contributed by atoms with E-state index in [0.717, 1.165) is 43.3 Å². The zero-order valence-electron chi connectivity index (χ0n) is 14.4. The van der Waals surface area contributed by atoms with Crippen molar-refractivity contribution in [1.29, 1.82) is 0 Å². The summed E-state index contributed by atoms with van der Waals surface area (Å²) < 4.78 is 5.99. The maximum absolute atomic E-state index is 5.99. The molecule has 4 aromatic rings. The third kappa shape index (κ3) is 2.90. The second kappa shape index (κ2) is 6.42. The molecule has 1 aliphatic heterocycles. The Kier molecular flexibility index (Phi) is 3.79. The maximum Gasteiger partial charge on any atom is 0.221 e. The second-order valence-electron chi connectivity index (χ2n) is 6.83. The van der Waals surface area contributed by atoms with Crippen LogP contribution < -0.4 is 0 Å². The van der Waals surface area contributed by atoms with E-state index in [0.29, 0.717) is 18.2 Å². The predicted octanol–water partition coefficient (Wildman–Crippen LogP) is 2.85. The van der Waals surface area contributed by atoms with E-state index in [1.165, 1.54) is 10.9 Å². The standard InChI is InChI=1S/C19H20N6O/c1-2-4-16-15(3-1)14(10-22-16)9-18-23-24-19(26-18)13-5-8-25(11-13)12-17-20-6-7-21-17/h1-4,6-7,10,13,22H,5,8-9,11-12H2,(H,20,21). The van der Waals surface area contributed by atoms with Crippen LogP contribution in [0.15, 0.2) is 47.3 Å². The molecule has 1 atom stereocenters. The molecule has 26 heavy (non-hydrogen) atoms. The highest BCUT2D eigenvalue weighted by Gasteiger charge is 2.28. The van der Waals surface area contributed by atoms with Gasteiger partial charge in [-0.25, -0.2) is 4.98 Å². The SMILES string of the molecule is c1ccc2c(Cc3nnc(C4CCN(Cc5ncc[nH]5)C4)o3)c[nH]c2c1. The number of imidazole rings is 1. The van der Waals surface area contributed by atoms with E-state index >= 15 is 0 Å². The number of fused-ring (bicyclic) bond motifs is 1. The molecule has 1 fully saturated rings. The number of nitrogens with one attached hydrogen (secondary N) is 2. The summed E-state index contributed by atoms with van der Waals surface area (Å²) in [6, 6.07) is 8.26. The van der Waals surface area contributed by atoms with Crippen molar-refractivity contribution in [3.63, 3.8) is 0 Å². The molecule has 0 amide bonds. The summed E-state index contributed by atoms with van der Waals surface area (Å²) in [6.45, 7) is 2.78. The zero-order chi connectivity index (χ0) is 17.3. The number of hydrogen-bond acceptors (Lipinski definition) is 5. The van der Waals surface area contributed by atoms with Crippen molar-refractivity contribution >= 4 is 10.9 Å². The van der Waals surface area contributed by atoms with Crippen LogP contribution in [0.2, 0.25) is 0 Å². The van der Waals surface area contributed by atoms with Crippen molar-refractivity contribution in [2.45, 2.75) is 25.3 Å². The normalized spacial score (nSPS) is 18.1. The van der Waals surface area contributed by atoms with Crippen LogP contribution in [0.4, 0.5) is 0 Å². The average Bonchev–Trinajstić information content (AvgIpc) is 3.43. The fourth-order valence-electron chi connectivity index (χ4n) is 3.72. The molecule has 1 saturated heterocycles. The van der Waals surface area contributed by atoms with Crippen LogP contribution in [0.5, 0.6) is 0 Å². The van der Waals surface area contributed by atoms with E-state index < -0.39 is 0 Å². The number of aromatic amines is 2. The highest BCUT2D eigenvalue weighted by Crippen LogP contribution is 2.28. The first-order valence-electron chi connectivity index (χ1n) is 8.93. The van der Waals surface area contributed by atoms with Crippen LogP contribution in [0.25, 0.3) is 10.9 Å². The molecule has 1 aromatic carbocycles. The molecule has 0 bridgehead atoms. The predicted molar refractivity (Wildman–Crippen MR) is 96.6 cm³/mol. The van der Waals surface area contributed by atoms with Crippen molar-refractivity contribution in [1.82, 2.24) is 30.0 Å². The lowest BCUT2D eigenvalue weighted by Gasteiger charge is -2.12. The van der Waals surface area contributed by atoms with Gasteiger partial charge in [-0.1, -0.05) is 18.2 Å². The summed E-state index contributed by atoms with van der Waals surface area (Å²) in [5.41, 5.74) is 2.31. The van der Waals surface area contributed by atoms with Crippen LogP contribution in [0, 0.1) is 0 Å². The molecule has 4 heterocycles. The molecular formula is C19H20N6O. The van der Waals surface area contributed by atoms with Gasteiger partial charge in [0.2, 0.25) is 11.8 Å². The first kappa shape index (κ1) is 15.3. The molecule has 0 radical (unpaired) electrons. The molecule has 5 rings (SSSR count). The molecular weight excluding hydrogens is 328 g/mol. The van der Waals surface area contributed by atoms with Crippen LogP contribution in [-0.2, 0) is 13.0 Å². The van der Waals surface area contributed by atoms with Crippen LogP contribution in [0.1, 0.15) is 35.5 Å². The van der Waals surface area contributed by atoms with E-state index in [1.54, 1.807) is 6.20 Å². The van der Waals surface area contributed by atoms with Crippen molar-refractivity contribution in [2.24, 2.45) is 0 Å². The number of benzene rings is 1. The van der Waals surface area contributed by atoms with Gasteiger partial charge in [-0.05, 0) is 24.6 Å². The van der Waals surface area contributed by atoms with Gasteiger partial charge in [0.1, 0.15) is 5.82 Å². The van der Waals surface area contributed by atoms with E-state index in [-0.39, 0.29) is 0 Å². The van der Waals surface area contributed by atoms with Gasteiger partial charge in [-0.2, -0.15) is 0 Å². The highest BCUT2D eigenvalue weighted by atomic mass is 16.4. The summed E-state index contributed by atoms with van der Waals surface area (Å²) in [4.78, 5) is 13.1. The zero-order valence-corrected chi connectivity index (χ0v) is 14.4. The molecule has 1 unspecified atom stereocenters. The number of likely N-dealkylation sites (tertiary alicyclic amines) is 1. The second-order valence-corrected chi connectivity index (χ2v) is 6.83. The van der Waals surface area contributed by atoms with Crippen molar-refractivity contribution < 1.29 is 4.42 Å². The van der Waals surface area contributed by atoms with Crippen molar-refractivity contribution in [3.05, 3.63) is 66.0 Å². The third-order valence-corrected chi connectivity index (χ3v) is 5.05. The molecule has 3 aromatic heterocycles. The summed E-state index contributed by atoms with van der Waals surface area (Å²) in [6.07, 6.45) is 7.36. The Morgan fingerprint density at radius 3 is 3.08 bits per heavy atom. The summed E-state index contributed by atoms with van der Waals surface area (Å²) >= 11 is 0. The average molecular weight is 348 g/mol. The first-order valence-corrected chi connectivity index (χ1v) is 8.93. The minimum atomic E-state index is 0.300. The molecule has 7 heteroatoms. The van der Waals surface area contributed by atoms with Gasteiger partial charge in [-0.3, -0.25) is 4.90 Å². The molecule has 7 nitrogen and oxygen atoms in total. The van der Waals surface area contributed by atoms with Gasteiger partial charge < -0.3 is 14.4 Å². The third-order valence-electron chi connectivity index (χ3n) is 5.05. The van der Waals surface area contributed by atoms with Crippen LogP contribution in [-0.4, -0.2) is 43.1 Å². The molecule has 0 spiro atoms. The van der Waals surface area contributed by atoms with Gasteiger partial charge >= 0.3 is 0 Å². The molecule has 132 valence electrons. The molecule has 1 aliphatic rings. The summed E-state index contributed by atoms with van der Waals surface area (Å²) in [5, 5.41) is 9.80. The topological polar surface area (TPSA) is 86.6 Å². The first-order chi connectivity index (χ1) is 12.8. The van der Waals surface area contributed by atoms with Gasteiger partial charge in [0.25, 0.3) is 0 Å². The Balaban J connectivity index is 1.27. The van der Waals surface area contributed by atoms with Crippen LogP contribution in [0.3, 0.4) is 0 Å². The number of H-pyrrole nitrogens is 2. The fraction of sp³-hybridized carbons (Fsp3) is 0.316. The summed E-state index contributed by atoms with van der Waals surface area (Å²) in [5.74, 6) is 2.72. The van der Waals surface area contributed by atoms with E-state index in [2.05, 4.69) is 42.2 Å². The monoisotopic (exact) mass is 348 g/mol. The van der Waals surface area contributed by atoms with E-state index in [1.807, 2.05) is 24.5 Å². The Morgan fingerprint density at radius 1 is 1.19 bits per heavy atom. The number of hydrogen-bond donors (Lipinski definition) is 2.